The number of piperidine rings is 1. The van der Waals surface area contributed by atoms with E-state index in [1.165, 1.54) is 43.5 Å². The van der Waals surface area contributed by atoms with Crippen molar-refractivity contribution in [3.05, 3.63) is 23.4 Å². The van der Waals surface area contributed by atoms with Crippen LogP contribution in [-0.4, -0.2) is 30.0 Å². The monoisotopic (exact) mass is 261 g/mol. The number of nitrogens with one attached hydrogen (secondary N) is 1. The normalized spacial score (nSPS) is 20.8. The molecule has 0 radical (unpaired) electrons. The third kappa shape index (κ3) is 3.47. The lowest BCUT2D eigenvalue weighted by Crippen LogP contribution is -2.36. The minimum atomic E-state index is 0.564. The van der Waals surface area contributed by atoms with E-state index in [0.717, 1.165) is 11.7 Å². The van der Waals surface area contributed by atoms with Gasteiger partial charge in [-0.1, -0.05) is 20.3 Å². The van der Waals surface area contributed by atoms with Crippen LogP contribution in [0.1, 0.15) is 50.3 Å². The molecule has 2 heterocycles. The maximum atomic E-state index is 4.51. The van der Waals surface area contributed by atoms with Gasteiger partial charge in [0.1, 0.15) is 5.82 Å². The zero-order valence-electron chi connectivity index (χ0n) is 12.7. The van der Waals surface area contributed by atoms with Gasteiger partial charge in [0.2, 0.25) is 0 Å². The number of aromatic nitrogens is 1. The Labute approximate surface area is 117 Å². The molecule has 3 heteroatoms. The van der Waals surface area contributed by atoms with Gasteiger partial charge in [0.25, 0.3) is 0 Å². The van der Waals surface area contributed by atoms with Gasteiger partial charge in [0.05, 0.1) is 0 Å². The first kappa shape index (κ1) is 14.3. The first-order chi connectivity index (χ1) is 9.11. The third-order valence-electron chi connectivity index (χ3n) is 3.98. The van der Waals surface area contributed by atoms with E-state index in [2.05, 4.69) is 48.2 Å². The molecular formula is C16H27N3. The van der Waals surface area contributed by atoms with Crippen molar-refractivity contribution >= 4 is 5.82 Å². The van der Waals surface area contributed by atoms with E-state index < -0.39 is 0 Å². The molecule has 1 N–H and O–H groups in total. The molecule has 106 valence electrons. The second-order valence-corrected chi connectivity index (χ2v) is 6.08. The van der Waals surface area contributed by atoms with Gasteiger partial charge in [-0.05, 0) is 49.4 Å². The van der Waals surface area contributed by atoms with E-state index in [9.17, 15) is 0 Å². The van der Waals surface area contributed by atoms with Crippen LogP contribution in [0.3, 0.4) is 0 Å². The van der Waals surface area contributed by atoms with Gasteiger partial charge in [-0.25, -0.2) is 4.98 Å². The predicted molar refractivity (Wildman–Crippen MR) is 81.5 cm³/mol. The molecule has 1 atom stereocenters. The molecule has 2 rings (SSSR count). The Hall–Kier alpha value is -1.09. The molecule has 1 aromatic heterocycles. The van der Waals surface area contributed by atoms with E-state index >= 15 is 0 Å². The Balaban J connectivity index is 2.21. The number of pyridine rings is 1. The van der Waals surface area contributed by atoms with E-state index in [-0.39, 0.29) is 0 Å². The van der Waals surface area contributed by atoms with Crippen LogP contribution in [-0.2, 0) is 0 Å². The number of rotatable bonds is 4. The number of hydrogen-bond donors (Lipinski definition) is 1. The highest BCUT2D eigenvalue weighted by molar-refractivity contribution is 5.41. The quantitative estimate of drug-likeness (QED) is 0.897. The second kappa shape index (κ2) is 6.38. The SMILES string of the molecule is CNc1cc(C)c([C@@H]2CCCCN2CC(C)C)cn1. The van der Waals surface area contributed by atoms with E-state index in [4.69, 9.17) is 0 Å². The van der Waals surface area contributed by atoms with Gasteiger partial charge in [-0.15, -0.1) is 0 Å². The van der Waals surface area contributed by atoms with Crippen molar-refractivity contribution in [1.82, 2.24) is 9.88 Å². The topological polar surface area (TPSA) is 28.2 Å². The first-order valence-electron chi connectivity index (χ1n) is 7.50. The summed E-state index contributed by atoms with van der Waals surface area (Å²) in [7, 11) is 1.92. The Kier molecular flexibility index (Phi) is 4.81. The van der Waals surface area contributed by atoms with Crippen molar-refractivity contribution in [2.24, 2.45) is 5.92 Å². The summed E-state index contributed by atoms with van der Waals surface area (Å²) in [5, 5.41) is 3.12. The molecule has 1 aromatic rings. The molecule has 0 amide bonds. The Bertz CT molecular complexity index is 414. The first-order valence-corrected chi connectivity index (χ1v) is 7.50. The largest absolute Gasteiger partial charge is 0.373 e. The molecule has 0 saturated carbocycles. The summed E-state index contributed by atoms with van der Waals surface area (Å²) in [5.74, 6) is 1.69. The van der Waals surface area contributed by atoms with Crippen LogP contribution in [0.2, 0.25) is 0 Å². The zero-order chi connectivity index (χ0) is 13.8. The van der Waals surface area contributed by atoms with Gasteiger partial charge < -0.3 is 5.32 Å². The van der Waals surface area contributed by atoms with Crippen LogP contribution in [0.25, 0.3) is 0 Å². The summed E-state index contributed by atoms with van der Waals surface area (Å²) in [5.41, 5.74) is 2.78. The van der Waals surface area contributed by atoms with Crippen LogP contribution in [0.4, 0.5) is 5.82 Å². The molecule has 0 spiro atoms. The molecule has 1 aliphatic rings. The number of aryl methyl sites for hydroxylation is 1. The average molecular weight is 261 g/mol. The molecule has 19 heavy (non-hydrogen) atoms. The number of nitrogens with zero attached hydrogens (tertiary/aromatic N) is 2. The molecule has 0 aromatic carbocycles. The molecule has 1 fully saturated rings. The maximum Gasteiger partial charge on any atom is 0.125 e. The Morgan fingerprint density at radius 1 is 1.42 bits per heavy atom. The summed E-state index contributed by atoms with van der Waals surface area (Å²) in [6.45, 7) is 9.25. The van der Waals surface area contributed by atoms with Crippen molar-refractivity contribution in [2.45, 2.75) is 46.1 Å². The highest BCUT2D eigenvalue weighted by Gasteiger charge is 2.25. The lowest BCUT2D eigenvalue weighted by Gasteiger charge is -2.37. The van der Waals surface area contributed by atoms with E-state index in [1.807, 2.05) is 7.05 Å². The Morgan fingerprint density at radius 2 is 2.21 bits per heavy atom. The van der Waals surface area contributed by atoms with Crippen molar-refractivity contribution in [3.8, 4) is 0 Å². The average Bonchev–Trinajstić information content (AvgIpc) is 2.39. The van der Waals surface area contributed by atoms with Gasteiger partial charge in [-0.3, -0.25) is 4.90 Å². The van der Waals surface area contributed by atoms with Crippen molar-refractivity contribution in [2.75, 3.05) is 25.5 Å². The fraction of sp³-hybridized carbons (Fsp3) is 0.688. The number of hydrogen-bond acceptors (Lipinski definition) is 3. The lowest BCUT2D eigenvalue weighted by atomic mass is 9.93. The Morgan fingerprint density at radius 3 is 2.84 bits per heavy atom. The fourth-order valence-electron chi connectivity index (χ4n) is 3.08. The van der Waals surface area contributed by atoms with Gasteiger partial charge in [0.15, 0.2) is 0 Å². The lowest BCUT2D eigenvalue weighted by molar-refractivity contribution is 0.131. The van der Waals surface area contributed by atoms with Gasteiger partial charge >= 0.3 is 0 Å². The molecule has 0 unspecified atom stereocenters. The van der Waals surface area contributed by atoms with Crippen molar-refractivity contribution < 1.29 is 0 Å². The smallest absolute Gasteiger partial charge is 0.125 e. The zero-order valence-corrected chi connectivity index (χ0v) is 12.7. The summed E-state index contributed by atoms with van der Waals surface area (Å²) in [6, 6.07) is 2.73. The molecule has 0 bridgehead atoms. The van der Waals surface area contributed by atoms with Crippen LogP contribution >= 0.6 is 0 Å². The van der Waals surface area contributed by atoms with Crippen LogP contribution < -0.4 is 5.32 Å². The van der Waals surface area contributed by atoms with Gasteiger partial charge in [-0.2, -0.15) is 0 Å². The van der Waals surface area contributed by atoms with Gasteiger partial charge in [0, 0.05) is 25.8 Å². The summed E-state index contributed by atoms with van der Waals surface area (Å²) in [4.78, 5) is 7.16. The minimum absolute atomic E-state index is 0.564. The molecule has 1 saturated heterocycles. The second-order valence-electron chi connectivity index (χ2n) is 6.08. The van der Waals surface area contributed by atoms with E-state index in [0.29, 0.717) is 6.04 Å². The standard InChI is InChI=1S/C16H27N3/c1-12(2)11-19-8-6-5-7-15(19)14-10-18-16(17-4)9-13(14)3/h9-10,12,15H,5-8,11H2,1-4H3,(H,17,18)/t15-/m0/s1. The van der Waals surface area contributed by atoms with Crippen molar-refractivity contribution in [1.29, 1.82) is 0 Å². The molecular weight excluding hydrogens is 234 g/mol. The minimum Gasteiger partial charge on any atom is -0.373 e. The summed E-state index contributed by atoms with van der Waals surface area (Å²) >= 11 is 0. The van der Waals surface area contributed by atoms with Crippen molar-refractivity contribution in [3.63, 3.8) is 0 Å². The number of anilines is 1. The predicted octanol–water partition coefficient (Wildman–Crippen LogP) is 3.61. The summed E-state index contributed by atoms with van der Waals surface area (Å²) in [6.07, 6.45) is 6.02. The van der Waals surface area contributed by atoms with Crippen LogP contribution in [0.15, 0.2) is 12.3 Å². The molecule has 1 aliphatic heterocycles. The highest BCUT2D eigenvalue weighted by atomic mass is 15.2. The van der Waals surface area contributed by atoms with E-state index in [1.54, 1.807) is 0 Å². The van der Waals surface area contributed by atoms with Crippen LogP contribution in [0, 0.1) is 12.8 Å². The summed E-state index contributed by atoms with van der Waals surface area (Å²) < 4.78 is 0. The third-order valence-corrected chi connectivity index (χ3v) is 3.98. The van der Waals surface area contributed by atoms with Crippen LogP contribution in [0.5, 0.6) is 0 Å². The molecule has 0 aliphatic carbocycles. The highest BCUT2D eigenvalue weighted by Crippen LogP contribution is 2.33. The molecule has 3 nitrogen and oxygen atoms in total. The fourth-order valence-corrected chi connectivity index (χ4v) is 3.08. The maximum absolute atomic E-state index is 4.51. The number of likely N-dealkylation sites (tertiary alicyclic amines) is 1.